The topological polar surface area (TPSA) is 55.0 Å². The Balaban J connectivity index is 2.72. The van der Waals surface area contributed by atoms with Crippen molar-refractivity contribution in [1.29, 1.82) is 0 Å². The molecule has 0 bridgehead atoms. The lowest BCUT2D eigenvalue weighted by Gasteiger charge is -2.05. The maximum Gasteiger partial charge on any atom is 0.258 e. The largest absolute Gasteiger partial charge is 0.494 e. The predicted octanol–water partition coefficient (Wildman–Crippen LogP) is 1.88. The standard InChI is InChI=1S/C12H14N2O2/c1-3-5-10-13-11-8(12(15)14-10)6-4-7-9(11)16-2/h4,6-7H,3,5H2,1-2H3,(H,13,14,15). The van der Waals surface area contributed by atoms with Gasteiger partial charge in [-0.2, -0.15) is 0 Å². The number of methoxy groups -OCH3 is 1. The first-order valence-corrected chi connectivity index (χ1v) is 5.32. The third-order valence-electron chi connectivity index (χ3n) is 2.45. The summed E-state index contributed by atoms with van der Waals surface area (Å²) in [6.45, 7) is 2.05. The number of aromatic amines is 1. The van der Waals surface area contributed by atoms with E-state index in [1.54, 1.807) is 19.2 Å². The number of fused-ring (bicyclic) bond motifs is 1. The monoisotopic (exact) mass is 218 g/mol. The third-order valence-corrected chi connectivity index (χ3v) is 2.45. The summed E-state index contributed by atoms with van der Waals surface area (Å²) in [7, 11) is 1.58. The number of nitrogens with zero attached hydrogens (tertiary/aromatic N) is 1. The first-order valence-electron chi connectivity index (χ1n) is 5.32. The van der Waals surface area contributed by atoms with Gasteiger partial charge in [0.2, 0.25) is 0 Å². The molecule has 1 aromatic carbocycles. The number of ether oxygens (including phenoxy) is 1. The first kappa shape index (κ1) is 10.7. The second kappa shape index (κ2) is 4.35. The van der Waals surface area contributed by atoms with E-state index in [0.29, 0.717) is 22.5 Å². The summed E-state index contributed by atoms with van der Waals surface area (Å²) in [6.07, 6.45) is 1.72. The number of aromatic nitrogens is 2. The van der Waals surface area contributed by atoms with Gasteiger partial charge in [-0.15, -0.1) is 0 Å². The summed E-state index contributed by atoms with van der Waals surface area (Å²) in [5, 5.41) is 0.569. The van der Waals surface area contributed by atoms with Crippen LogP contribution in [0.15, 0.2) is 23.0 Å². The molecule has 0 aliphatic heterocycles. The lowest BCUT2D eigenvalue weighted by atomic mass is 10.2. The fourth-order valence-electron chi connectivity index (χ4n) is 1.70. The summed E-state index contributed by atoms with van der Waals surface area (Å²) >= 11 is 0. The van der Waals surface area contributed by atoms with Crippen LogP contribution in [0.1, 0.15) is 19.2 Å². The van der Waals surface area contributed by atoms with Gasteiger partial charge in [0.15, 0.2) is 0 Å². The van der Waals surface area contributed by atoms with Crippen LogP contribution in [0, 0.1) is 0 Å². The summed E-state index contributed by atoms with van der Waals surface area (Å²) in [4.78, 5) is 19.0. The minimum Gasteiger partial charge on any atom is -0.494 e. The minimum absolute atomic E-state index is 0.104. The molecule has 2 aromatic rings. The summed E-state index contributed by atoms with van der Waals surface area (Å²) in [5.41, 5.74) is 0.532. The van der Waals surface area contributed by atoms with Crippen molar-refractivity contribution in [2.24, 2.45) is 0 Å². The molecule has 0 spiro atoms. The van der Waals surface area contributed by atoms with E-state index < -0.39 is 0 Å². The van der Waals surface area contributed by atoms with E-state index in [-0.39, 0.29) is 5.56 Å². The van der Waals surface area contributed by atoms with Gasteiger partial charge in [0, 0.05) is 6.42 Å². The van der Waals surface area contributed by atoms with Gasteiger partial charge in [0.05, 0.1) is 12.5 Å². The van der Waals surface area contributed by atoms with Crippen molar-refractivity contribution >= 4 is 10.9 Å². The van der Waals surface area contributed by atoms with E-state index in [4.69, 9.17) is 4.74 Å². The second-order valence-corrected chi connectivity index (χ2v) is 3.62. The highest BCUT2D eigenvalue weighted by atomic mass is 16.5. The molecule has 2 rings (SSSR count). The van der Waals surface area contributed by atoms with Crippen LogP contribution in [0.5, 0.6) is 5.75 Å². The molecule has 0 aliphatic rings. The molecule has 0 unspecified atom stereocenters. The van der Waals surface area contributed by atoms with Crippen LogP contribution in [-0.4, -0.2) is 17.1 Å². The lowest BCUT2D eigenvalue weighted by Crippen LogP contribution is -2.12. The van der Waals surface area contributed by atoms with E-state index in [2.05, 4.69) is 9.97 Å². The molecule has 0 saturated heterocycles. The number of benzene rings is 1. The molecule has 0 radical (unpaired) electrons. The van der Waals surface area contributed by atoms with Crippen molar-refractivity contribution in [2.75, 3.05) is 7.11 Å². The number of rotatable bonds is 3. The Morgan fingerprint density at radius 2 is 2.25 bits per heavy atom. The zero-order valence-electron chi connectivity index (χ0n) is 9.41. The van der Waals surface area contributed by atoms with Gasteiger partial charge in [0.1, 0.15) is 17.1 Å². The van der Waals surface area contributed by atoms with Crippen molar-refractivity contribution in [2.45, 2.75) is 19.8 Å². The first-order chi connectivity index (χ1) is 7.76. The second-order valence-electron chi connectivity index (χ2n) is 3.62. The highest BCUT2D eigenvalue weighted by Crippen LogP contribution is 2.20. The molecular weight excluding hydrogens is 204 g/mol. The molecule has 0 atom stereocenters. The Morgan fingerprint density at radius 1 is 1.44 bits per heavy atom. The average molecular weight is 218 g/mol. The maximum absolute atomic E-state index is 11.8. The van der Waals surface area contributed by atoms with Crippen molar-refractivity contribution in [1.82, 2.24) is 9.97 Å². The molecule has 1 heterocycles. The number of hydrogen-bond donors (Lipinski definition) is 1. The smallest absolute Gasteiger partial charge is 0.258 e. The van der Waals surface area contributed by atoms with Crippen LogP contribution in [0.25, 0.3) is 10.9 Å². The molecule has 0 saturated carbocycles. The molecule has 0 aliphatic carbocycles. The fraction of sp³-hybridized carbons (Fsp3) is 0.333. The Kier molecular flexibility index (Phi) is 2.90. The minimum atomic E-state index is -0.104. The Labute approximate surface area is 93.3 Å². The van der Waals surface area contributed by atoms with Gasteiger partial charge in [-0.05, 0) is 18.6 Å². The van der Waals surface area contributed by atoms with Crippen molar-refractivity contribution in [3.8, 4) is 5.75 Å². The van der Waals surface area contributed by atoms with Crippen LogP contribution in [0.2, 0.25) is 0 Å². The maximum atomic E-state index is 11.8. The Bertz CT molecular complexity index is 560. The number of para-hydroxylation sites is 1. The van der Waals surface area contributed by atoms with Gasteiger partial charge in [-0.25, -0.2) is 4.98 Å². The predicted molar refractivity (Wildman–Crippen MR) is 62.9 cm³/mol. The van der Waals surface area contributed by atoms with E-state index in [9.17, 15) is 4.79 Å². The van der Waals surface area contributed by atoms with E-state index >= 15 is 0 Å². The molecule has 84 valence electrons. The zero-order valence-corrected chi connectivity index (χ0v) is 9.41. The van der Waals surface area contributed by atoms with Gasteiger partial charge < -0.3 is 9.72 Å². The van der Waals surface area contributed by atoms with E-state index in [1.807, 2.05) is 13.0 Å². The molecule has 1 N–H and O–H groups in total. The van der Waals surface area contributed by atoms with Gasteiger partial charge >= 0.3 is 0 Å². The lowest BCUT2D eigenvalue weighted by molar-refractivity contribution is 0.418. The number of hydrogen-bond acceptors (Lipinski definition) is 3. The van der Waals surface area contributed by atoms with Crippen LogP contribution in [0.4, 0.5) is 0 Å². The molecule has 4 nitrogen and oxygen atoms in total. The number of nitrogens with one attached hydrogen (secondary N) is 1. The Hall–Kier alpha value is -1.84. The highest BCUT2D eigenvalue weighted by Gasteiger charge is 2.07. The molecule has 0 fully saturated rings. The quantitative estimate of drug-likeness (QED) is 0.855. The van der Waals surface area contributed by atoms with Crippen molar-refractivity contribution in [3.05, 3.63) is 34.4 Å². The SMILES string of the molecule is CCCc1nc2c(OC)cccc2c(=O)[nH]1. The summed E-state index contributed by atoms with van der Waals surface area (Å²) < 4.78 is 5.20. The molecule has 1 aromatic heterocycles. The van der Waals surface area contributed by atoms with Crippen molar-refractivity contribution in [3.63, 3.8) is 0 Å². The third kappa shape index (κ3) is 1.78. The number of aryl methyl sites for hydroxylation is 1. The van der Waals surface area contributed by atoms with Crippen LogP contribution in [0.3, 0.4) is 0 Å². The van der Waals surface area contributed by atoms with Gasteiger partial charge in [-0.1, -0.05) is 13.0 Å². The Morgan fingerprint density at radius 3 is 2.94 bits per heavy atom. The zero-order chi connectivity index (χ0) is 11.5. The normalized spacial score (nSPS) is 10.6. The molecule has 0 amide bonds. The van der Waals surface area contributed by atoms with Crippen molar-refractivity contribution < 1.29 is 4.74 Å². The van der Waals surface area contributed by atoms with Gasteiger partial charge in [-0.3, -0.25) is 4.79 Å². The fourth-order valence-corrected chi connectivity index (χ4v) is 1.70. The average Bonchev–Trinajstić information content (AvgIpc) is 2.29. The molecule has 4 heteroatoms. The van der Waals surface area contributed by atoms with E-state index in [1.165, 1.54) is 0 Å². The molecule has 16 heavy (non-hydrogen) atoms. The highest BCUT2D eigenvalue weighted by molar-refractivity contribution is 5.83. The van der Waals surface area contributed by atoms with Crippen LogP contribution in [-0.2, 0) is 6.42 Å². The molecular formula is C12H14N2O2. The number of H-pyrrole nitrogens is 1. The van der Waals surface area contributed by atoms with E-state index in [0.717, 1.165) is 12.8 Å². The summed E-state index contributed by atoms with van der Waals surface area (Å²) in [6, 6.07) is 5.35. The van der Waals surface area contributed by atoms with Crippen LogP contribution < -0.4 is 10.3 Å². The van der Waals surface area contributed by atoms with Gasteiger partial charge in [0.25, 0.3) is 5.56 Å². The van der Waals surface area contributed by atoms with Crippen LogP contribution >= 0.6 is 0 Å². The summed E-state index contributed by atoms with van der Waals surface area (Å²) in [5.74, 6) is 1.35.